The minimum absolute atomic E-state index is 0.0913. The summed E-state index contributed by atoms with van der Waals surface area (Å²) in [5.74, 6) is -1.56. The van der Waals surface area contributed by atoms with Crippen LogP contribution in [0.15, 0.2) is 65.5 Å². The van der Waals surface area contributed by atoms with E-state index in [0.29, 0.717) is 16.8 Å². The zero-order valence-corrected chi connectivity index (χ0v) is 22.3. The fourth-order valence-electron chi connectivity index (χ4n) is 4.59. The highest BCUT2D eigenvalue weighted by molar-refractivity contribution is 5.96. The van der Waals surface area contributed by atoms with Gasteiger partial charge < -0.3 is 25.1 Å². The van der Waals surface area contributed by atoms with Gasteiger partial charge in [-0.05, 0) is 29.3 Å². The number of methoxy groups -OCH3 is 2. The van der Waals surface area contributed by atoms with Gasteiger partial charge in [-0.15, -0.1) is 0 Å². The van der Waals surface area contributed by atoms with Gasteiger partial charge in [0.1, 0.15) is 5.75 Å². The summed E-state index contributed by atoms with van der Waals surface area (Å²) in [6, 6.07) is 15.9. The van der Waals surface area contributed by atoms with Crippen LogP contribution in [0.2, 0.25) is 0 Å². The lowest BCUT2D eigenvalue weighted by Crippen LogP contribution is -2.39. The van der Waals surface area contributed by atoms with Crippen molar-refractivity contribution in [3.63, 3.8) is 0 Å². The number of carbonyl (C=O) groups excluding carboxylic acids is 3. The number of nitro benzene ring substituents is 1. The van der Waals surface area contributed by atoms with E-state index in [-0.39, 0.29) is 48.4 Å². The Kier molecular flexibility index (Phi) is 8.46. The number of aromatic nitrogens is 2. The summed E-state index contributed by atoms with van der Waals surface area (Å²) >= 11 is 0. The van der Waals surface area contributed by atoms with Crippen molar-refractivity contribution in [2.45, 2.75) is 19.5 Å². The minimum Gasteiger partial charge on any atom is -0.496 e. The van der Waals surface area contributed by atoms with Crippen LogP contribution in [-0.2, 0) is 33.8 Å². The van der Waals surface area contributed by atoms with E-state index in [1.807, 2.05) is 6.07 Å². The van der Waals surface area contributed by atoms with Crippen molar-refractivity contribution in [1.82, 2.24) is 14.5 Å². The summed E-state index contributed by atoms with van der Waals surface area (Å²) in [6.45, 7) is -0.386. The molecule has 0 aliphatic rings. The number of imidazole rings is 1. The topological polar surface area (TPSA) is 180 Å². The summed E-state index contributed by atoms with van der Waals surface area (Å²) in [4.78, 5) is 65.7. The van der Waals surface area contributed by atoms with E-state index in [0.717, 1.165) is 5.56 Å². The van der Waals surface area contributed by atoms with Crippen molar-refractivity contribution < 1.29 is 28.8 Å². The Bertz CT molecular complexity index is 1690. The zero-order chi connectivity index (χ0) is 29.7. The maximum atomic E-state index is 13.6. The lowest BCUT2D eigenvalue weighted by Gasteiger charge is -2.22. The van der Waals surface area contributed by atoms with Crippen LogP contribution in [0.5, 0.6) is 5.75 Å². The highest BCUT2D eigenvalue weighted by atomic mass is 16.6. The van der Waals surface area contributed by atoms with Gasteiger partial charge in [-0.25, -0.2) is 9.59 Å². The number of nitrogens with one attached hydrogen (secondary N) is 1. The number of H-pyrrole nitrogens is 1. The number of nitrogens with two attached hydrogens (primary N) is 1. The normalized spacial score (nSPS) is 10.8. The number of hydrogen-bond acceptors (Lipinski definition) is 8. The molecule has 0 radical (unpaired) electrons. The molecule has 3 aromatic carbocycles. The Morgan fingerprint density at radius 3 is 2.41 bits per heavy atom. The zero-order valence-electron chi connectivity index (χ0n) is 22.3. The van der Waals surface area contributed by atoms with Gasteiger partial charge in [-0.3, -0.25) is 24.3 Å². The smallest absolute Gasteiger partial charge is 0.337 e. The van der Waals surface area contributed by atoms with Crippen LogP contribution in [-0.4, -0.2) is 57.9 Å². The van der Waals surface area contributed by atoms with E-state index in [1.54, 1.807) is 24.3 Å². The van der Waals surface area contributed by atoms with Gasteiger partial charge >= 0.3 is 11.7 Å². The summed E-state index contributed by atoms with van der Waals surface area (Å²) < 4.78 is 11.5. The van der Waals surface area contributed by atoms with Gasteiger partial charge in [-0.2, -0.15) is 0 Å². The standard InChI is InChI=1S/C28H27N5O8/c1-40-23-9-8-21(33(38)39)11-20(23)15-32-26-18(10-19(27(36)41-2)12-22(26)30-28(32)37)13-25(35)31(16-24(29)34)14-17-6-4-3-5-7-17/h3-12H,13-16H2,1-2H3,(H2,29,34)(H,30,37). The molecule has 4 aromatic rings. The van der Waals surface area contributed by atoms with Crippen molar-refractivity contribution in [3.8, 4) is 5.75 Å². The molecule has 0 aliphatic carbocycles. The largest absolute Gasteiger partial charge is 0.496 e. The molecule has 1 heterocycles. The fraction of sp³-hybridized carbons (Fsp3) is 0.214. The second-order valence-electron chi connectivity index (χ2n) is 9.17. The van der Waals surface area contributed by atoms with E-state index < -0.39 is 28.4 Å². The Balaban J connectivity index is 1.82. The number of esters is 1. The molecule has 0 saturated heterocycles. The molecule has 0 bridgehead atoms. The van der Waals surface area contributed by atoms with Gasteiger partial charge in [0.2, 0.25) is 11.8 Å². The molecule has 1 aromatic heterocycles. The molecule has 13 nitrogen and oxygen atoms in total. The van der Waals surface area contributed by atoms with E-state index in [1.165, 1.54) is 54.0 Å². The quantitative estimate of drug-likeness (QED) is 0.159. The van der Waals surface area contributed by atoms with Crippen molar-refractivity contribution in [3.05, 3.63) is 104 Å². The molecular formula is C28H27N5O8. The number of ether oxygens (including phenoxy) is 2. The average molecular weight is 562 g/mol. The summed E-state index contributed by atoms with van der Waals surface area (Å²) in [5.41, 5.74) is 6.68. The number of hydrogen-bond donors (Lipinski definition) is 2. The van der Waals surface area contributed by atoms with Gasteiger partial charge in [0.25, 0.3) is 5.69 Å². The number of fused-ring (bicyclic) bond motifs is 1. The lowest BCUT2D eigenvalue weighted by molar-refractivity contribution is -0.384. The Morgan fingerprint density at radius 1 is 1.05 bits per heavy atom. The molecule has 41 heavy (non-hydrogen) atoms. The molecule has 0 fully saturated rings. The van der Waals surface area contributed by atoms with Crippen molar-refractivity contribution in [2.75, 3.05) is 20.8 Å². The third-order valence-corrected chi connectivity index (χ3v) is 6.43. The molecule has 2 amide bonds. The monoisotopic (exact) mass is 561 g/mol. The van der Waals surface area contributed by atoms with Crippen LogP contribution < -0.4 is 16.2 Å². The van der Waals surface area contributed by atoms with Crippen molar-refractivity contribution >= 4 is 34.5 Å². The molecule has 0 atom stereocenters. The fourth-order valence-corrected chi connectivity index (χ4v) is 4.59. The van der Waals surface area contributed by atoms with E-state index in [2.05, 4.69) is 4.98 Å². The maximum Gasteiger partial charge on any atom is 0.337 e. The van der Waals surface area contributed by atoms with Crippen molar-refractivity contribution in [1.29, 1.82) is 0 Å². The van der Waals surface area contributed by atoms with Crippen molar-refractivity contribution in [2.24, 2.45) is 5.73 Å². The molecule has 0 aliphatic heterocycles. The predicted octanol–water partition coefficient (Wildman–Crippen LogP) is 2.14. The average Bonchev–Trinajstić information content (AvgIpc) is 3.27. The third-order valence-electron chi connectivity index (χ3n) is 6.43. The molecule has 212 valence electrons. The first kappa shape index (κ1) is 28.5. The van der Waals surface area contributed by atoms with Crippen LogP contribution in [0, 0.1) is 10.1 Å². The third kappa shape index (κ3) is 6.41. The van der Waals surface area contributed by atoms with Gasteiger partial charge in [0.05, 0.1) is 55.3 Å². The van der Waals surface area contributed by atoms with Crippen LogP contribution in [0.3, 0.4) is 0 Å². The first-order valence-corrected chi connectivity index (χ1v) is 12.4. The number of non-ortho nitro benzene ring substituents is 1. The number of amides is 2. The molecule has 4 rings (SSSR count). The number of nitrogens with zero attached hydrogens (tertiary/aromatic N) is 3. The number of benzene rings is 3. The molecule has 0 unspecified atom stereocenters. The second kappa shape index (κ2) is 12.2. The summed E-state index contributed by atoms with van der Waals surface area (Å²) in [7, 11) is 2.60. The predicted molar refractivity (Wildman–Crippen MR) is 147 cm³/mol. The highest BCUT2D eigenvalue weighted by Crippen LogP contribution is 2.27. The Hall–Kier alpha value is -5.46. The van der Waals surface area contributed by atoms with Crippen LogP contribution in [0.25, 0.3) is 11.0 Å². The number of rotatable bonds is 11. The maximum absolute atomic E-state index is 13.6. The second-order valence-corrected chi connectivity index (χ2v) is 9.17. The highest BCUT2D eigenvalue weighted by Gasteiger charge is 2.23. The summed E-state index contributed by atoms with van der Waals surface area (Å²) in [6.07, 6.45) is -0.301. The Labute approximate surface area is 233 Å². The van der Waals surface area contributed by atoms with Crippen LogP contribution in [0.1, 0.15) is 27.0 Å². The number of carbonyl (C=O) groups is 3. The van der Waals surface area contributed by atoms with E-state index in [4.69, 9.17) is 15.2 Å². The summed E-state index contributed by atoms with van der Waals surface area (Å²) in [5, 5.41) is 11.4. The lowest BCUT2D eigenvalue weighted by atomic mass is 10.0. The number of aromatic amines is 1. The number of nitro groups is 1. The van der Waals surface area contributed by atoms with E-state index in [9.17, 15) is 29.3 Å². The SMILES string of the molecule is COC(=O)c1cc(CC(=O)N(CC(N)=O)Cc2ccccc2)c2c(c1)[nH]c(=O)n2Cc1cc([N+](=O)[O-])ccc1OC. The van der Waals surface area contributed by atoms with Gasteiger partial charge in [0, 0.05) is 24.2 Å². The molecule has 13 heteroatoms. The van der Waals surface area contributed by atoms with E-state index >= 15 is 0 Å². The molecule has 3 N–H and O–H groups in total. The first-order valence-electron chi connectivity index (χ1n) is 12.4. The molecular weight excluding hydrogens is 534 g/mol. The van der Waals surface area contributed by atoms with Crippen LogP contribution in [0.4, 0.5) is 5.69 Å². The van der Waals surface area contributed by atoms with Gasteiger partial charge in [-0.1, -0.05) is 30.3 Å². The van der Waals surface area contributed by atoms with Gasteiger partial charge in [0.15, 0.2) is 0 Å². The number of primary amides is 1. The Morgan fingerprint density at radius 2 is 1.78 bits per heavy atom. The molecule has 0 spiro atoms. The first-order chi connectivity index (χ1) is 19.6. The molecule has 0 saturated carbocycles. The van der Waals surface area contributed by atoms with Crippen LogP contribution >= 0.6 is 0 Å². The minimum atomic E-state index is -0.709.